The van der Waals surface area contributed by atoms with E-state index in [1.54, 1.807) is 6.07 Å². The predicted octanol–water partition coefficient (Wildman–Crippen LogP) is 8.47. The molecule has 60 heavy (non-hydrogen) atoms. The van der Waals surface area contributed by atoms with Crippen LogP contribution in [0.5, 0.6) is 0 Å². The number of amides is 1. The molecule has 0 spiro atoms. The maximum absolute atomic E-state index is 13.8. The fraction of sp³-hybridized carbons (Fsp3) is 0.250. The first-order valence-corrected chi connectivity index (χ1v) is 22.4. The van der Waals surface area contributed by atoms with E-state index in [-0.39, 0.29) is 34.8 Å². The molecule has 7 rings (SSSR count). The normalized spacial score (nSPS) is 13.9. The van der Waals surface area contributed by atoms with E-state index < -0.39 is 26.7 Å². The Hall–Kier alpha value is -5.74. The molecule has 1 amide bonds. The molecule has 1 saturated heterocycles. The predicted molar refractivity (Wildman–Crippen MR) is 240 cm³/mol. The number of halogens is 1. The number of anilines is 3. The summed E-state index contributed by atoms with van der Waals surface area (Å²) in [6, 6.07) is 34.7. The lowest BCUT2D eigenvalue weighted by Gasteiger charge is -2.36. The van der Waals surface area contributed by atoms with Crippen LogP contribution in [-0.2, 0) is 21.4 Å². The number of hydrogen-bond donors (Lipinski definition) is 3. The summed E-state index contributed by atoms with van der Waals surface area (Å²) in [5.74, 6) is 0.265. The standard InChI is InChI=1S/C44H45ClN8O5S2/c1-30(2)48-43(54)24-34(28-59-36-9-4-3-5-10-36)49-40-19-17-37(26-42(40)53(55)56)60(57,58)50-44-39-18-16-35(25-41(39)46-29-47-44)52-22-20-51(21-23-52)27-32-8-6-7-11-38(32)31-12-14-33(45)15-13-31/h3-19,25-26,29-30,34,49H,20-24,27-28H2,1-2H3,(H,48,54)(H,46,47,50). The average molecular weight is 865 g/mol. The van der Waals surface area contributed by atoms with Gasteiger partial charge in [-0.15, -0.1) is 11.8 Å². The molecule has 5 aromatic carbocycles. The van der Waals surface area contributed by atoms with E-state index in [1.807, 2.05) is 80.6 Å². The van der Waals surface area contributed by atoms with Crippen molar-refractivity contribution in [3.63, 3.8) is 0 Å². The molecule has 13 nitrogen and oxygen atoms in total. The Morgan fingerprint density at radius 1 is 0.900 bits per heavy atom. The molecule has 3 N–H and O–H groups in total. The third-order valence-corrected chi connectivity index (χ3v) is 12.8. The minimum Gasteiger partial charge on any atom is -0.375 e. The van der Waals surface area contributed by atoms with E-state index in [0.717, 1.165) is 54.9 Å². The number of thioether (sulfide) groups is 1. The zero-order valence-corrected chi connectivity index (χ0v) is 35.5. The SMILES string of the molecule is CC(C)NC(=O)CC(CSc1ccccc1)Nc1ccc(S(=O)(=O)Nc2ncnc3cc(N4CCN(Cc5ccccc5-c5ccc(Cl)cc5)CC4)ccc23)cc1[N+](=O)[O-]. The van der Waals surface area contributed by atoms with E-state index in [9.17, 15) is 23.3 Å². The quantitative estimate of drug-likeness (QED) is 0.0486. The summed E-state index contributed by atoms with van der Waals surface area (Å²) in [6.07, 6.45) is 1.34. The van der Waals surface area contributed by atoms with Crippen molar-refractivity contribution in [2.24, 2.45) is 0 Å². The molecule has 16 heteroatoms. The van der Waals surface area contributed by atoms with E-state index in [0.29, 0.717) is 21.7 Å². The van der Waals surface area contributed by atoms with Crippen LogP contribution in [0, 0.1) is 10.1 Å². The van der Waals surface area contributed by atoms with Gasteiger partial charge >= 0.3 is 0 Å². The Balaban J connectivity index is 1.03. The molecule has 1 atom stereocenters. The number of carbonyl (C=O) groups is 1. The number of nitrogens with one attached hydrogen (secondary N) is 3. The van der Waals surface area contributed by atoms with Crippen molar-refractivity contribution in [3.8, 4) is 11.1 Å². The number of nitrogens with zero attached hydrogens (tertiary/aromatic N) is 5. The number of nitro benzene ring substituents is 1. The van der Waals surface area contributed by atoms with Crippen LogP contribution in [0.15, 0.2) is 131 Å². The molecule has 0 radical (unpaired) electrons. The van der Waals surface area contributed by atoms with Gasteiger partial charge in [0.05, 0.1) is 15.3 Å². The monoisotopic (exact) mass is 864 g/mol. The Morgan fingerprint density at radius 2 is 1.63 bits per heavy atom. The highest BCUT2D eigenvalue weighted by Gasteiger charge is 2.26. The highest BCUT2D eigenvalue weighted by Crippen LogP contribution is 2.33. The molecule has 1 aliphatic heterocycles. The molecule has 310 valence electrons. The summed E-state index contributed by atoms with van der Waals surface area (Å²) in [7, 11) is -4.33. The lowest BCUT2D eigenvalue weighted by atomic mass is 9.99. The van der Waals surface area contributed by atoms with E-state index in [2.05, 4.69) is 59.4 Å². The number of benzene rings is 5. The summed E-state index contributed by atoms with van der Waals surface area (Å²) in [6.45, 7) is 7.81. The minimum absolute atomic E-state index is 0.0507. The molecule has 2 heterocycles. The van der Waals surface area contributed by atoms with E-state index in [1.165, 1.54) is 41.3 Å². The van der Waals surface area contributed by atoms with Crippen molar-refractivity contribution in [2.75, 3.05) is 46.9 Å². The summed E-state index contributed by atoms with van der Waals surface area (Å²) < 4.78 is 30.1. The Labute approximate surface area is 358 Å². The van der Waals surface area contributed by atoms with Gasteiger partial charge in [-0.3, -0.25) is 24.5 Å². The second-order valence-corrected chi connectivity index (χ2v) is 18.0. The molecular weight excluding hydrogens is 820 g/mol. The number of fused-ring (bicyclic) bond motifs is 1. The third kappa shape index (κ3) is 10.7. The van der Waals surface area contributed by atoms with Crippen LogP contribution < -0.4 is 20.3 Å². The molecule has 1 aromatic heterocycles. The first-order chi connectivity index (χ1) is 28.9. The van der Waals surface area contributed by atoms with Crippen LogP contribution in [0.4, 0.5) is 22.9 Å². The molecular formula is C44H45ClN8O5S2. The van der Waals surface area contributed by atoms with Crippen molar-refractivity contribution in [1.29, 1.82) is 0 Å². The number of nitro groups is 1. The molecule has 0 saturated carbocycles. The van der Waals surface area contributed by atoms with Crippen molar-refractivity contribution >= 4 is 73.1 Å². The number of hydrogen-bond acceptors (Lipinski definition) is 11. The van der Waals surface area contributed by atoms with Crippen LogP contribution in [-0.4, -0.2) is 78.1 Å². The third-order valence-electron chi connectivity index (χ3n) is 10.1. The zero-order chi connectivity index (χ0) is 42.2. The van der Waals surface area contributed by atoms with Crippen LogP contribution in [0.1, 0.15) is 25.8 Å². The first-order valence-electron chi connectivity index (χ1n) is 19.5. The summed E-state index contributed by atoms with van der Waals surface area (Å²) >= 11 is 7.64. The van der Waals surface area contributed by atoms with Gasteiger partial charge in [-0.2, -0.15) is 0 Å². The van der Waals surface area contributed by atoms with Gasteiger partial charge in [0, 0.05) is 84.0 Å². The van der Waals surface area contributed by atoms with E-state index in [4.69, 9.17) is 11.6 Å². The Kier molecular flexibility index (Phi) is 13.5. The fourth-order valence-electron chi connectivity index (χ4n) is 7.13. The lowest BCUT2D eigenvalue weighted by molar-refractivity contribution is -0.384. The highest BCUT2D eigenvalue weighted by molar-refractivity contribution is 7.99. The second kappa shape index (κ2) is 19.1. The molecule has 0 bridgehead atoms. The smallest absolute Gasteiger partial charge is 0.293 e. The van der Waals surface area contributed by atoms with Gasteiger partial charge in [0.25, 0.3) is 15.7 Å². The van der Waals surface area contributed by atoms with Gasteiger partial charge in [-0.05, 0) is 85.1 Å². The molecule has 0 aliphatic carbocycles. The van der Waals surface area contributed by atoms with Gasteiger partial charge in [0.1, 0.15) is 12.0 Å². The summed E-state index contributed by atoms with van der Waals surface area (Å²) in [5, 5.41) is 19.5. The number of piperazine rings is 1. The molecule has 1 aliphatic rings. The highest BCUT2D eigenvalue weighted by atomic mass is 35.5. The van der Waals surface area contributed by atoms with Crippen molar-refractivity contribution in [2.45, 2.75) is 48.7 Å². The summed E-state index contributed by atoms with van der Waals surface area (Å²) in [4.78, 5) is 38.5. The Bertz CT molecular complexity index is 2570. The zero-order valence-electron chi connectivity index (χ0n) is 33.1. The Morgan fingerprint density at radius 3 is 2.37 bits per heavy atom. The van der Waals surface area contributed by atoms with Gasteiger partial charge < -0.3 is 15.5 Å². The largest absolute Gasteiger partial charge is 0.375 e. The first kappa shape index (κ1) is 42.4. The molecule has 1 unspecified atom stereocenters. The van der Waals surface area contributed by atoms with E-state index >= 15 is 0 Å². The maximum Gasteiger partial charge on any atom is 0.293 e. The average Bonchev–Trinajstić information content (AvgIpc) is 3.23. The van der Waals surface area contributed by atoms with Gasteiger partial charge in [-0.25, -0.2) is 18.4 Å². The van der Waals surface area contributed by atoms with Gasteiger partial charge in [-0.1, -0.05) is 66.2 Å². The topological polar surface area (TPSA) is 163 Å². The van der Waals surface area contributed by atoms with Gasteiger partial charge in [0.2, 0.25) is 5.91 Å². The minimum atomic E-state index is -4.33. The molecule has 1 fully saturated rings. The van der Waals surface area contributed by atoms with Gasteiger partial charge in [0.15, 0.2) is 5.82 Å². The van der Waals surface area contributed by atoms with Crippen LogP contribution in [0.25, 0.3) is 22.0 Å². The summed E-state index contributed by atoms with van der Waals surface area (Å²) in [5.41, 5.74) is 4.72. The van der Waals surface area contributed by atoms with Crippen LogP contribution in [0.3, 0.4) is 0 Å². The molecule has 6 aromatic rings. The number of carbonyl (C=O) groups excluding carboxylic acids is 1. The second-order valence-electron chi connectivity index (χ2n) is 14.8. The maximum atomic E-state index is 13.8. The number of aromatic nitrogens is 2. The lowest BCUT2D eigenvalue weighted by Crippen LogP contribution is -2.46. The van der Waals surface area contributed by atoms with Crippen molar-refractivity contribution in [3.05, 3.63) is 142 Å². The van der Waals surface area contributed by atoms with Crippen LogP contribution in [0.2, 0.25) is 5.02 Å². The van der Waals surface area contributed by atoms with Crippen molar-refractivity contribution < 1.29 is 18.1 Å². The number of sulfonamides is 1. The van der Waals surface area contributed by atoms with Crippen LogP contribution >= 0.6 is 23.4 Å². The van der Waals surface area contributed by atoms with Crippen molar-refractivity contribution in [1.82, 2.24) is 20.2 Å². The number of rotatable bonds is 16. The fourth-order valence-corrected chi connectivity index (χ4v) is 9.24.